The Morgan fingerprint density at radius 3 is 1.98 bits per heavy atom. The Labute approximate surface area is 366 Å². The Balaban J connectivity index is 0.987. The van der Waals surface area contributed by atoms with Gasteiger partial charge in [0.05, 0.1) is 11.0 Å². The van der Waals surface area contributed by atoms with Crippen LogP contribution >= 0.6 is 11.8 Å². The lowest BCUT2D eigenvalue weighted by molar-refractivity contribution is 0.666. The number of rotatable bonds is 6. The Morgan fingerprint density at radius 2 is 1.16 bits per heavy atom. The predicted octanol–water partition coefficient (Wildman–Crippen LogP) is 13.5. The van der Waals surface area contributed by atoms with Gasteiger partial charge in [-0.25, -0.2) is 24.9 Å². The fourth-order valence-electron chi connectivity index (χ4n) is 9.48. The summed E-state index contributed by atoms with van der Waals surface area (Å²) in [5.41, 5.74) is 12.5. The molecule has 0 bridgehead atoms. The molecule has 0 fully saturated rings. The van der Waals surface area contributed by atoms with E-state index >= 15 is 0 Å². The average Bonchev–Trinajstić information content (AvgIpc) is 4.04. The number of thioether (sulfide) groups is 1. The van der Waals surface area contributed by atoms with E-state index in [1.807, 2.05) is 66.4 Å². The molecule has 4 aromatic heterocycles. The maximum Gasteiger partial charge on any atom is 0.180 e. The Bertz CT molecular complexity index is 3670. The first kappa shape index (κ1) is 35.8. The Kier molecular flexibility index (Phi) is 8.14. The van der Waals surface area contributed by atoms with Crippen molar-refractivity contribution in [2.24, 2.45) is 0 Å². The number of benzene rings is 7. The number of fused-ring (bicyclic) bond motifs is 9. The molecule has 2 unspecified atom stereocenters. The van der Waals surface area contributed by atoms with Crippen LogP contribution < -0.4 is 0 Å². The van der Waals surface area contributed by atoms with E-state index in [9.17, 15) is 0 Å². The maximum absolute atomic E-state index is 6.45. The molecular weight excluding hydrogens is 793 g/mol. The van der Waals surface area contributed by atoms with Gasteiger partial charge in [-0.2, -0.15) is 0 Å². The van der Waals surface area contributed by atoms with Crippen LogP contribution in [0.1, 0.15) is 17.3 Å². The molecule has 0 N–H and O–H groups in total. The standard InChI is InChI=1S/C55H34N6OS/c1-4-17-33(18-5-1)48-50-49(37-24-11-13-31-44(37)62-50)57-53(56-48)40-27-16-32-45-47(40)38-25-14-28-41(51(38)63-45)55-59-52(34-19-6-2-7-20-34)58-54(60-55)39-26-15-30-43-46(39)36-23-10-12-29-42(36)61(43)35-21-8-3-9-22-35/h1-32,45,47H. The third-order valence-electron chi connectivity index (χ3n) is 12.3. The Morgan fingerprint density at radius 1 is 0.508 bits per heavy atom. The fourth-order valence-corrected chi connectivity index (χ4v) is 11.0. The van der Waals surface area contributed by atoms with E-state index < -0.39 is 0 Å². The van der Waals surface area contributed by atoms with Crippen LogP contribution in [-0.2, 0) is 0 Å². The van der Waals surface area contributed by atoms with Gasteiger partial charge in [0, 0.05) is 65.7 Å². The lowest BCUT2D eigenvalue weighted by Crippen LogP contribution is -2.14. The molecule has 0 saturated carbocycles. The van der Waals surface area contributed by atoms with Gasteiger partial charge in [-0.3, -0.25) is 0 Å². The summed E-state index contributed by atoms with van der Waals surface area (Å²) in [4.78, 5) is 27.7. The minimum Gasteiger partial charge on any atom is -0.452 e. The van der Waals surface area contributed by atoms with Crippen LogP contribution in [-0.4, -0.2) is 34.7 Å². The molecule has 7 aromatic carbocycles. The highest BCUT2D eigenvalue weighted by Crippen LogP contribution is 2.56. The smallest absolute Gasteiger partial charge is 0.180 e. The quantitative estimate of drug-likeness (QED) is 0.165. The van der Waals surface area contributed by atoms with E-state index in [0.29, 0.717) is 28.9 Å². The van der Waals surface area contributed by atoms with Gasteiger partial charge in [0.2, 0.25) is 0 Å². The van der Waals surface area contributed by atoms with E-state index in [0.717, 1.165) is 82.4 Å². The molecule has 63 heavy (non-hydrogen) atoms. The minimum absolute atomic E-state index is 0.00181. The van der Waals surface area contributed by atoms with Crippen molar-refractivity contribution in [3.8, 4) is 51.1 Å². The van der Waals surface area contributed by atoms with Crippen molar-refractivity contribution >= 4 is 61.2 Å². The summed E-state index contributed by atoms with van der Waals surface area (Å²) >= 11 is 1.85. The molecular formula is C55H34N6OS. The van der Waals surface area contributed by atoms with Crippen molar-refractivity contribution in [3.05, 3.63) is 206 Å². The van der Waals surface area contributed by atoms with E-state index in [-0.39, 0.29) is 11.2 Å². The molecule has 0 amide bonds. The summed E-state index contributed by atoms with van der Waals surface area (Å²) in [7, 11) is 0. The molecule has 1 aliphatic carbocycles. The zero-order valence-corrected chi connectivity index (χ0v) is 34.4. The number of nitrogens with zero attached hydrogens (tertiary/aromatic N) is 6. The zero-order chi connectivity index (χ0) is 41.4. The third kappa shape index (κ3) is 5.72. The van der Waals surface area contributed by atoms with Crippen LogP contribution in [0.2, 0.25) is 0 Å². The summed E-state index contributed by atoms with van der Waals surface area (Å²) in [6.45, 7) is 0. The first-order chi connectivity index (χ1) is 31.2. The summed E-state index contributed by atoms with van der Waals surface area (Å²) in [5.74, 6) is 2.58. The second-order valence-electron chi connectivity index (χ2n) is 15.9. The monoisotopic (exact) mass is 826 g/mol. The maximum atomic E-state index is 6.45. The largest absolute Gasteiger partial charge is 0.452 e. The fraction of sp³-hybridized carbons (Fsp3) is 0.0364. The van der Waals surface area contributed by atoms with Crippen LogP contribution in [0.3, 0.4) is 0 Å². The molecule has 0 spiro atoms. The van der Waals surface area contributed by atoms with Gasteiger partial charge < -0.3 is 8.98 Å². The number of hydrogen-bond donors (Lipinski definition) is 0. The Hall–Kier alpha value is -7.94. The van der Waals surface area contributed by atoms with Gasteiger partial charge in [-0.05, 0) is 42.0 Å². The van der Waals surface area contributed by atoms with Crippen molar-refractivity contribution in [1.82, 2.24) is 29.5 Å². The van der Waals surface area contributed by atoms with Gasteiger partial charge in [-0.1, -0.05) is 158 Å². The average molecular weight is 827 g/mol. The van der Waals surface area contributed by atoms with Crippen molar-refractivity contribution in [2.75, 3.05) is 0 Å². The van der Waals surface area contributed by atoms with Gasteiger partial charge in [-0.15, -0.1) is 11.8 Å². The molecule has 7 nitrogen and oxygen atoms in total. The van der Waals surface area contributed by atoms with Crippen LogP contribution in [0.4, 0.5) is 0 Å². The predicted molar refractivity (Wildman–Crippen MR) is 255 cm³/mol. The van der Waals surface area contributed by atoms with Crippen LogP contribution in [0, 0.1) is 0 Å². The summed E-state index contributed by atoms with van der Waals surface area (Å²) in [5, 5.41) is 3.33. The van der Waals surface area contributed by atoms with E-state index in [1.54, 1.807) is 0 Å². The summed E-state index contributed by atoms with van der Waals surface area (Å²) < 4.78 is 8.78. The molecule has 2 aliphatic rings. The number of hydrogen-bond acceptors (Lipinski definition) is 7. The van der Waals surface area contributed by atoms with Crippen LogP contribution in [0.5, 0.6) is 0 Å². The molecule has 8 heteroatoms. The minimum atomic E-state index is 0.00181. The lowest BCUT2D eigenvalue weighted by atomic mass is 9.84. The molecule has 5 heterocycles. The number of para-hydroxylation sites is 3. The topological polar surface area (TPSA) is 82.5 Å². The number of furan rings is 1. The zero-order valence-electron chi connectivity index (χ0n) is 33.6. The molecule has 13 rings (SSSR count). The SMILES string of the molecule is C1=CC2Sc3c(-c4nc(-c5ccccc5)nc(-c5cccc6c5c5ccccc5n6-c5ccccc5)n4)cccc3C2C(c2nc(-c3ccccc3)c3oc4ccccc4c3n2)=C1. The van der Waals surface area contributed by atoms with Gasteiger partial charge >= 0.3 is 0 Å². The summed E-state index contributed by atoms with van der Waals surface area (Å²) in [6.07, 6.45) is 6.63. The van der Waals surface area contributed by atoms with Crippen molar-refractivity contribution in [3.63, 3.8) is 0 Å². The molecule has 0 radical (unpaired) electrons. The van der Waals surface area contributed by atoms with Gasteiger partial charge in [0.25, 0.3) is 0 Å². The highest BCUT2D eigenvalue weighted by molar-refractivity contribution is 8.00. The second-order valence-corrected chi connectivity index (χ2v) is 17.1. The van der Waals surface area contributed by atoms with Gasteiger partial charge in [0.1, 0.15) is 16.8 Å². The summed E-state index contributed by atoms with van der Waals surface area (Å²) in [6, 6.07) is 60.6. The first-order valence-corrected chi connectivity index (χ1v) is 22.0. The van der Waals surface area contributed by atoms with Gasteiger partial charge in [0.15, 0.2) is 28.9 Å². The highest BCUT2D eigenvalue weighted by atomic mass is 32.2. The number of allylic oxidation sites excluding steroid dienone is 3. The van der Waals surface area contributed by atoms with Crippen LogP contribution in [0.15, 0.2) is 203 Å². The van der Waals surface area contributed by atoms with E-state index in [2.05, 4.69) is 144 Å². The van der Waals surface area contributed by atoms with E-state index in [1.165, 1.54) is 5.56 Å². The van der Waals surface area contributed by atoms with Crippen LogP contribution in [0.25, 0.3) is 101 Å². The highest BCUT2D eigenvalue weighted by Gasteiger charge is 2.39. The lowest BCUT2D eigenvalue weighted by Gasteiger charge is -2.23. The molecule has 0 saturated heterocycles. The van der Waals surface area contributed by atoms with E-state index in [4.69, 9.17) is 29.3 Å². The normalized spacial score (nSPS) is 15.6. The van der Waals surface area contributed by atoms with Crippen molar-refractivity contribution < 1.29 is 4.42 Å². The molecule has 1 aliphatic heterocycles. The number of aromatic nitrogens is 6. The molecule has 11 aromatic rings. The third-order valence-corrected chi connectivity index (χ3v) is 13.7. The first-order valence-electron chi connectivity index (χ1n) is 21.1. The molecule has 2 atom stereocenters. The van der Waals surface area contributed by atoms with Crippen molar-refractivity contribution in [1.29, 1.82) is 0 Å². The van der Waals surface area contributed by atoms with Crippen molar-refractivity contribution in [2.45, 2.75) is 16.1 Å². The second kappa shape index (κ2) is 14.3. The molecule has 296 valence electrons.